The van der Waals surface area contributed by atoms with Crippen LogP contribution in [0.4, 0.5) is 0 Å². The Morgan fingerprint density at radius 1 is 1.35 bits per heavy atom. The fourth-order valence-corrected chi connectivity index (χ4v) is 2.23. The molecule has 1 fully saturated rings. The highest BCUT2D eigenvalue weighted by Crippen LogP contribution is 2.19. The maximum Gasteiger partial charge on any atom is 0.326 e. The summed E-state index contributed by atoms with van der Waals surface area (Å²) in [5.41, 5.74) is 0.457. The molecular weight excluding hydrogens is 220 g/mol. The lowest BCUT2D eigenvalue weighted by Gasteiger charge is -2.26. The number of carboxylic acid groups (broad SMARTS) is 1. The number of carbonyl (C=O) groups excluding carboxylic acids is 1. The van der Waals surface area contributed by atoms with Gasteiger partial charge in [0.15, 0.2) is 0 Å². The number of aromatic nitrogens is 1. The van der Waals surface area contributed by atoms with Crippen molar-refractivity contribution >= 4 is 11.9 Å². The number of amides is 1. The minimum atomic E-state index is -0.910. The first-order valence-corrected chi connectivity index (χ1v) is 5.87. The van der Waals surface area contributed by atoms with Gasteiger partial charge in [0.25, 0.3) is 5.91 Å². The Morgan fingerprint density at radius 2 is 2.18 bits per heavy atom. The van der Waals surface area contributed by atoms with Crippen LogP contribution in [-0.4, -0.2) is 39.5 Å². The fraction of sp³-hybridized carbons (Fsp3) is 0.500. The van der Waals surface area contributed by atoms with Gasteiger partial charge >= 0.3 is 5.97 Å². The molecule has 2 N–H and O–H groups in total. The van der Waals surface area contributed by atoms with E-state index < -0.39 is 12.0 Å². The van der Waals surface area contributed by atoms with Crippen molar-refractivity contribution in [3.8, 4) is 0 Å². The maximum absolute atomic E-state index is 12.2. The minimum absolute atomic E-state index is 0.218. The van der Waals surface area contributed by atoms with Crippen molar-refractivity contribution in [3.05, 3.63) is 24.0 Å². The van der Waals surface area contributed by atoms with Crippen LogP contribution in [0, 0.1) is 0 Å². The Morgan fingerprint density at radius 3 is 2.82 bits per heavy atom. The van der Waals surface area contributed by atoms with Crippen molar-refractivity contribution in [2.75, 3.05) is 6.54 Å². The largest absolute Gasteiger partial charge is 0.480 e. The molecule has 1 aliphatic heterocycles. The summed E-state index contributed by atoms with van der Waals surface area (Å²) in [7, 11) is 0. The highest BCUT2D eigenvalue weighted by Gasteiger charge is 2.31. The molecular formula is C12H16N2O3. The van der Waals surface area contributed by atoms with Crippen LogP contribution in [0.2, 0.25) is 0 Å². The number of nitrogens with zero attached hydrogens (tertiary/aromatic N) is 1. The van der Waals surface area contributed by atoms with E-state index in [9.17, 15) is 14.7 Å². The van der Waals surface area contributed by atoms with Gasteiger partial charge < -0.3 is 15.0 Å². The van der Waals surface area contributed by atoms with Crippen molar-refractivity contribution in [3.63, 3.8) is 0 Å². The van der Waals surface area contributed by atoms with Crippen LogP contribution in [0.5, 0.6) is 0 Å². The third-order valence-electron chi connectivity index (χ3n) is 3.13. The van der Waals surface area contributed by atoms with Gasteiger partial charge in [0.1, 0.15) is 11.7 Å². The Hall–Kier alpha value is -1.78. The first kappa shape index (κ1) is 11.7. The van der Waals surface area contributed by atoms with Crippen molar-refractivity contribution in [2.45, 2.75) is 31.7 Å². The molecule has 1 amide bonds. The van der Waals surface area contributed by atoms with Crippen molar-refractivity contribution in [1.82, 2.24) is 9.88 Å². The van der Waals surface area contributed by atoms with E-state index in [0.29, 0.717) is 18.7 Å². The lowest BCUT2D eigenvalue weighted by Crippen LogP contribution is -2.44. The van der Waals surface area contributed by atoms with E-state index in [1.54, 1.807) is 18.3 Å². The molecule has 0 saturated carbocycles. The number of aromatic amines is 1. The van der Waals surface area contributed by atoms with E-state index in [1.807, 2.05) is 0 Å². The molecule has 1 atom stereocenters. The fourth-order valence-electron chi connectivity index (χ4n) is 2.23. The summed E-state index contributed by atoms with van der Waals surface area (Å²) < 4.78 is 0. The third kappa shape index (κ3) is 2.49. The number of hydrogen-bond acceptors (Lipinski definition) is 2. The number of carbonyl (C=O) groups is 2. The lowest BCUT2D eigenvalue weighted by atomic mass is 10.1. The highest BCUT2D eigenvalue weighted by molar-refractivity contribution is 5.95. The molecule has 1 aromatic rings. The molecule has 5 nitrogen and oxygen atoms in total. The molecule has 1 saturated heterocycles. The standard InChI is InChI=1S/C12H16N2O3/c15-11(9-5-4-7-13-9)14-8-3-1-2-6-10(14)12(16)17/h4-5,7,10,13H,1-3,6,8H2,(H,16,17). The van der Waals surface area contributed by atoms with E-state index in [-0.39, 0.29) is 5.91 Å². The van der Waals surface area contributed by atoms with Gasteiger partial charge in [-0.2, -0.15) is 0 Å². The van der Waals surface area contributed by atoms with E-state index >= 15 is 0 Å². The number of nitrogens with one attached hydrogen (secondary N) is 1. The average molecular weight is 236 g/mol. The number of rotatable bonds is 2. The van der Waals surface area contributed by atoms with E-state index in [1.165, 1.54) is 4.90 Å². The number of likely N-dealkylation sites (tertiary alicyclic amines) is 1. The third-order valence-corrected chi connectivity index (χ3v) is 3.13. The zero-order valence-electron chi connectivity index (χ0n) is 9.56. The molecule has 0 spiro atoms. The van der Waals surface area contributed by atoms with Crippen LogP contribution < -0.4 is 0 Å². The second-order valence-corrected chi connectivity index (χ2v) is 4.29. The van der Waals surface area contributed by atoms with Crippen molar-refractivity contribution in [2.24, 2.45) is 0 Å². The van der Waals surface area contributed by atoms with E-state index in [2.05, 4.69) is 4.98 Å². The van der Waals surface area contributed by atoms with Crippen LogP contribution in [-0.2, 0) is 4.79 Å². The van der Waals surface area contributed by atoms with Crippen molar-refractivity contribution < 1.29 is 14.7 Å². The SMILES string of the molecule is O=C(O)C1CCCCCN1C(=O)c1ccc[nH]1. The Balaban J connectivity index is 2.20. The van der Waals surface area contributed by atoms with E-state index in [0.717, 1.165) is 19.3 Å². The van der Waals surface area contributed by atoms with E-state index in [4.69, 9.17) is 0 Å². The molecule has 5 heteroatoms. The minimum Gasteiger partial charge on any atom is -0.480 e. The summed E-state index contributed by atoms with van der Waals surface area (Å²) >= 11 is 0. The van der Waals surface area contributed by atoms with Gasteiger partial charge in [-0.1, -0.05) is 12.8 Å². The van der Waals surface area contributed by atoms with Gasteiger partial charge in [-0.05, 0) is 25.0 Å². The normalized spacial score (nSPS) is 20.9. The highest BCUT2D eigenvalue weighted by atomic mass is 16.4. The summed E-state index contributed by atoms with van der Waals surface area (Å²) in [5, 5.41) is 9.18. The quantitative estimate of drug-likeness (QED) is 0.817. The molecule has 0 aromatic carbocycles. The zero-order chi connectivity index (χ0) is 12.3. The van der Waals surface area contributed by atoms with Crippen LogP contribution in [0.1, 0.15) is 36.2 Å². The molecule has 1 aliphatic rings. The number of carboxylic acids is 1. The number of hydrogen-bond donors (Lipinski definition) is 2. The predicted molar refractivity (Wildman–Crippen MR) is 61.7 cm³/mol. The average Bonchev–Trinajstić information content (AvgIpc) is 2.71. The Kier molecular flexibility index (Phi) is 3.46. The molecule has 2 rings (SSSR count). The molecule has 17 heavy (non-hydrogen) atoms. The first-order valence-electron chi connectivity index (χ1n) is 5.87. The lowest BCUT2D eigenvalue weighted by molar-refractivity contribution is -0.142. The Labute approximate surface area is 99.4 Å². The monoisotopic (exact) mass is 236 g/mol. The first-order chi connectivity index (χ1) is 8.20. The second kappa shape index (κ2) is 5.03. The number of H-pyrrole nitrogens is 1. The van der Waals surface area contributed by atoms with Gasteiger partial charge in [-0.25, -0.2) is 4.79 Å². The zero-order valence-corrected chi connectivity index (χ0v) is 9.56. The van der Waals surface area contributed by atoms with Gasteiger partial charge in [0, 0.05) is 12.7 Å². The molecule has 0 radical (unpaired) electrons. The van der Waals surface area contributed by atoms with Crippen LogP contribution in [0.15, 0.2) is 18.3 Å². The summed E-state index contributed by atoms with van der Waals surface area (Å²) in [6.07, 6.45) is 4.93. The van der Waals surface area contributed by atoms with Gasteiger partial charge in [0.2, 0.25) is 0 Å². The maximum atomic E-state index is 12.2. The molecule has 2 heterocycles. The summed E-state index contributed by atoms with van der Waals surface area (Å²) in [4.78, 5) is 27.7. The smallest absolute Gasteiger partial charge is 0.326 e. The van der Waals surface area contributed by atoms with Gasteiger partial charge in [0.05, 0.1) is 0 Å². The second-order valence-electron chi connectivity index (χ2n) is 4.29. The van der Waals surface area contributed by atoms with Gasteiger partial charge in [-0.3, -0.25) is 4.79 Å². The van der Waals surface area contributed by atoms with Crippen LogP contribution >= 0.6 is 0 Å². The Bertz CT molecular complexity index is 400. The van der Waals surface area contributed by atoms with Crippen molar-refractivity contribution in [1.29, 1.82) is 0 Å². The molecule has 1 aromatic heterocycles. The predicted octanol–water partition coefficient (Wildman–Crippen LogP) is 1.48. The molecule has 0 bridgehead atoms. The molecule has 1 unspecified atom stereocenters. The molecule has 92 valence electrons. The number of aliphatic carboxylic acids is 1. The van der Waals surface area contributed by atoms with Gasteiger partial charge in [-0.15, -0.1) is 0 Å². The summed E-state index contributed by atoms with van der Waals surface area (Å²) in [6, 6.07) is 2.72. The van der Waals surface area contributed by atoms with Crippen LogP contribution in [0.3, 0.4) is 0 Å². The topological polar surface area (TPSA) is 73.4 Å². The van der Waals surface area contributed by atoms with Crippen LogP contribution in [0.25, 0.3) is 0 Å². The summed E-state index contributed by atoms with van der Waals surface area (Å²) in [5.74, 6) is -1.13. The summed E-state index contributed by atoms with van der Waals surface area (Å²) in [6.45, 7) is 0.523. The molecule has 0 aliphatic carbocycles.